The van der Waals surface area contributed by atoms with Gasteiger partial charge in [-0.2, -0.15) is 0 Å². The highest BCUT2D eigenvalue weighted by molar-refractivity contribution is 7.91. The Bertz CT molecular complexity index is 1190. The monoisotopic (exact) mass is 680 g/mol. The van der Waals surface area contributed by atoms with Crippen LogP contribution in [0.15, 0.2) is 36.4 Å². The SMILES string of the molecule is CCCCCCCS(=O)(=O)CCCCCCC=C[C@H](C(=O)N[C@@H](Cc1ccc(OCCCC)cc1)C(=O)NC)[C@@](O)(CCC)C(=O)O. The molecule has 10 nitrogen and oxygen atoms in total. The van der Waals surface area contributed by atoms with Gasteiger partial charge in [0.25, 0.3) is 0 Å². The van der Waals surface area contributed by atoms with Gasteiger partial charge in [0.15, 0.2) is 5.60 Å². The standard InChI is InChI=1S/C36H60N2O8S/c1-5-8-10-14-17-26-47(44,45)27-18-15-12-11-13-16-19-31(36(43,24-7-3)35(41)42)33(39)38-32(34(40)37-4)28-29-20-22-30(23-21-29)46-25-9-6-2/h16,19-23,31-32,43H,5-15,17-18,24-28H2,1-4H3,(H,37,40)(H,38,39)(H,41,42)/t31-,32+,36+/m1/s1. The van der Waals surface area contributed by atoms with E-state index in [9.17, 15) is 33.0 Å². The van der Waals surface area contributed by atoms with E-state index in [0.717, 1.165) is 63.4 Å². The van der Waals surface area contributed by atoms with E-state index >= 15 is 0 Å². The zero-order valence-electron chi connectivity index (χ0n) is 29.1. The van der Waals surface area contributed by atoms with Crippen molar-refractivity contribution in [2.45, 2.75) is 129 Å². The number of likely N-dealkylation sites (N-methyl/N-ethyl adjacent to an activating group) is 1. The molecular weight excluding hydrogens is 620 g/mol. The molecule has 11 heteroatoms. The van der Waals surface area contributed by atoms with E-state index < -0.39 is 45.2 Å². The van der Waals surface area contributed by atoms with Crippen LogP contribution >= 0.6 is 0 Å². The Morgan fingerprint density at radius 3 is 2.00 bits per heavy atom. The zero-order valence-corrected chi connectivity index (χ0v) is 29.9. The van der Waals surface area contributed by atoms with Gasteiger partial charge in [0.2, 0.25) is 11.8 Å². The van der Waals surface area contributed by atoms with Gasteiger partial charge in [0, 0.05) is 13.5 Å². The van der Waals surface area contributed by atoms with E-state index in [-0.39, 0.29) is 24.3 Å². The number of benzene rings is 1. The van der Waals surface area contributed by atoms with Crippen LogP contribution < -0.4 is 15.4 Å². The number of ether oxygens (including phenoxy) is 1. The van der Waals surface area contributed by atoms with Gasteiger partial charge in [-0.3, -0.25) is 9.59 Å². The fraction of sp³-hybridized carbons (Fsp3) is 0.694. The Kier molecular flexibility index (Phi) is 21.0. The van der Waals surface area contributed by atoms with Gasteiger partial charge in [-0.1, -0.05) is 96.4 Å². The lowest BCUT2D eigenvalue weighted by Crippen LogP contribution is -2.55. The molecule has 0 aliphatic heterocycles. The van der Waals surface area contributed by atoms with Crippen LogP contribution in [0.4, 0.5) is 0 Å². The molecule has 0 unspecified atom stereocenters. The highest BCUT2D eigenvalue weighted by Gasteiger charge is 2.46. The first-order chi connectivity index (χ1) is 22.4. The lowest BCUT2D eigenvalue weighted by atomic mass is 9.82. The Hall–Kier alpha value is -2.92. The number of aliphatic carboxylic acids is 1. The Balaban J connectivity index is 2.84. The normalized spacial score (nSPS) is 14.3. The van der Waals surface area contributed by atoms with Gasteiger partial charge in [-0.05, 0) is 56.2 Å². The van der Waals surface area contributed by atoms with Crippen molar-refractivity contribution in [3.63, 3.8) is 0 Å². The van der Waals surface area contributed by atoms with Crippen molar-refractivity contribution in [3.05, 3.63) is 42.0 Å². The molecule has 268 valence electrons. The third-order valence-electron chi connectivity index (χ3n) is 8.27. The third kappa shape index (κ3) is 16.6. The number of hydrogen-bond donors (Lipinski definition) is 4. The van der Waals surface area contributed by atoms with Crippen molar-refractivity contribution in [3.8, 4) is 5.75 Å². The van der Waals surface area contributed by atoms with E-state index in [0.29, 0.717) is 38.0 Å². The molecule has 0 aliphatic rings. The molecule has 1 aromatic carbocycles. The van der Waals surface area contributed by atoms with Crippen molar-refractivity contribution >= 4 is 27.6 Å². The summed E-state index contributed by atoms with van der Waals surface area (Å²) in [5.41, 5.74) is -1.58. The van der Waals surface area contributed by atoms with Crippen LogP contribution in [-0.2, 0) is 30.6 Å². The molecule has 0 saturated heterocycles. The van der Waals surface area contributed by atoms with Crippen LogP contribution in [0.3, 0.4) is 0 Å². The summed E-state index contributed by atoms with van der Waals surface area (Å²) in [7, 11) is -1.58. The molecule has 0 bridgehead atoms. The first kappa shape index (κ1) is 42.1. The molecule has 0 fully saturated rings. The molecule has 4 N–H and O–H groups in total. The van der Waals surface area contributed by atoms with Crippen molar-refractivity contribution in [1.29, 1.82) is 0 Å². The number of carbonyl (C=O) groups excluding carboxylic acids is 2. The maximum Gasteiger partial charge on any atom is 0.336 e. The van der Waals surface area contributed by atoms with E-state index in [1.54, 1.807) is 25.1 Å². The first-order valence-corrected chi connectivity index (χ1v) is 19.3. The molecule has 0 saturated carbocycles. The number of allylic oxidation sites excluding steroid dienone is 1. The predicted molar refractivity (Wildman–Crippen MR) is 187 cm³/mol. The maximum atomic E-state index is 13.6. The van der Waals surface area contributed by atoms with Crippen molar-refractivity contribution in [2.75, 3.05) is 25.2 Å². The minimum atomic E-state index is -3.04. The molecule has 1 rings (SSSR count). The van der Waals surface area contributed by atoms with Gasteiger partial charge >= 0.3 is 5.97 Å². The molecule has 0 radical (unpaired) electrons. The summed E-state index contributed by atoms with van der Waals surface area (Å²) < 4.78 is 30.3. The number of carbonyl (C=O) groups is 3. The van der Waals surface area contributed by atoms with Gasteiger partial charge in [-0.25, -0.2) is 13.2 Å². The Morgan fingerprint density at radius 2 is 1.45 bits per heavy atom. The molecule has 0 spiro atoms. The van der Waals surface area contributed by atoms with Crippen LogP contribution in [0.25, 0.3) is 0 Å². The summed E-state index contributed by atoms with van der Waals surface area (Å²) >= 11 is 0. The number of sulfone groups is 1. The molecule has 3 atom stereocenters. The molecule has 47 heavy (non-hydrogen) atoms. The molecule has 1 aromatic rings. The Labute approximate surface area is 283 Å². The van der Waals surface area contributed by atoms with Gasteiger partial charge in [0.05, 0.1) is 24.0 Å². The van der Waals surface area contributed by atoms with E-state index in [4.69, 9.17) is 4.74 Å². The summed E-state index contributed by atoms with van der Waals surface area (Å²) in [6.07, 6.45) is 13.8. The van der Waals surface area contributed by atoms with Crippen LogP contribution in [0.5, 0.6) is 5.75 Å². The van der Waals surface area contributed by atoms with E-state index in [1.807, 2.05) is 12.1 Å². The number of unbranched alkanes of at least 4 members (excludes halogenated alkanes) is 9. The number of carboxylic acid groups (broad SMARTS) is 1. The number of carboxylic acids is 1. The van der Waals surface area contributed by atoms with Crippen LogP contribution in [0.1, 0.15) is 116 Å². The van der Waals surface area contributed by atoms with Crippen molar-refractivity contribution in [1.82, 2.24) is 10.6 Å². The smallest absolute Gasteiger partial charge is 0.336 e. The number of rotatable bonds is 27. The highest BCUT2D eigenvalue weighted by Crippen LogP contribution is 2.27. The molecule has 0 heterocycles. The van der Waals surface area contributed by atoms with Gasteiger partial charge in [-0.15, -0.1) is 0 Å². The summed E-state index contributed by atoms with van der Waals surface area (Å²) in [5, 5.41) is 26.4. The number of amides is 2. The zero-order chi connectivity index (χ0) is 35.1. The lowest BCUT2D eigenvalue weighted by Gasteiger charge is -2.31. The second-order valence-electron chi connectivity index (χ2n) is 12.4. The second kappa shape index (κ2) is 23.4. The lowest BCUT2D eigenvalue weighted by molar-refractivity contribution is -0.167. The largest absolute Gasteiger partial charge is 0.494 e. The number of hydrogen-bond acceptors (Lipinski definition) is 7. The third-order valence-corrected chi connectivity index (χ3v) is 10.1. The van der Waals surface area contributed by atoms with E-state index in [1.165, 1.54) is 13.1 Å². The summed E-state index contributed by atoms with van der Waals surface area (Å²) in [4.78, 5) is 38.6. The fourth-order valence-electron chi connectivity index (χ4n) is 5.37. The second-order valence-corrected chi connectivity index (χ2v) is 14.7. The summed E-state index contributed by atoms with van der Waals surface area (Å²) in [6, 6.07) is 6.24. The molecule has 2 amide bonds. The fourth-order valence-corrected chi connectivity index (χ4v) is 6.87. The predicted octanol–water partition coefficient (Wildman–Crippen LogP) is 5.76. The number of nitrogens with one attached hydrogen (secondary N) is 2. The van der Waals surface area contributed by atoms with E-state index in [2.05, 4.69) is 24.5 Å². The van der Waals surface area contributed by atoms with Gasteiger partial charge in [0.1, 0.15) is 21.6 Å². The minimum Gasteiger partial charge on any atom is -0.494 e. The Morgan fingerprint density at radius 1 is 0.851 bits per heavy atom. The van der Waals surface area contributed by atoms with Crippen molar-refractivity contribution < 1.29 is 37.8 Å². The summed E-state index contributed by atoms with van der Waals surface area (Å²) in [5.74, 6) is -3.00. The molecular formula is C36H60N2O8S. The maximum absolute atomic E-state index is 13.6. The summed E-state index contributed by atoms with van der Waals surface area (Å²) in [6.45, 7) is 6.54. The quantitative estimate of drug-likeness (QED) is 0.0674. The molecule has 0 aromatic heterocycles. The minimum absolute atomic E-state index is 0.151. The molecule has 0 aliphatic carbocycles. The highest BCUT2D eigenvalue weighted by atomic mass is 32.2. The van der Waals surface area contributed by atoms with Crippen LogP contribution in [0.2, 0.25) is 0 Å². The first-order valence-electron chi connectivity index (χ1n) is 17.5. The van der Waals surface area contributed by atoms with Crippen molar-refractivity contribution in [2.24, 2.45) is 5.92 Å². The average Bonchev–Trinajstić information content (AvgIpc) is 3.04. The van der Waals surface area contributed by atoms with Crippen LogP contribution in [-0.4, -0.2) is 73.2 Å². The number of aliphatic hydroxyl groups is 1. The van der Waals surface area contributed by atoms with Gasteiger partial charge < -0.3 is 25.6 Å². The van der Waals surface area contributed by atoms with Crippen LogP contribution in [0, 0.1) is 5.92 Å². The average molecular weight is 681 g/mol. The topological polar surface area (TPSA) is 159 Å².